The lowest BCUT2D eigenvalue weighted by molar-refractivity contribution is 0.880. The minimum atomic E-state index is 0.688. The van der Waals surface area contributed by atoms with Crippen LogP contribution >= 0.6 is 23.5 Å². The number of rotatable bonds is 4. The first-order valence-corrected chi connectivity index (χ1v) is 9.20. The Balaban J connectivity index is 1.64. The molecule has 0 aromatic heterocycles. The molecule has 19 heavy (non-hydrogen) atoms. The van der Waals surface area contributed by atoms with Gasteiger partial charge in [-0.15, -0.1) is 23.5 Å². The van der Waals surface area contributed by atoms with Gasteiger partial charge in [-0.25, -0.2) is 0 Å². The Bertz CT molecular complexity index is 420. The van der Waals surface area contributed by atoms with Crippen molar-refractivity contribution < 1.29 is 0 Å². The molecule has 0 unspecified atom stereocenters. The molecule has 0 nitrogen and oxygen atoms in total. The Kier molecular flexibility index (Phi) is 4.60. The predicted molar refractivity (Wildman–Crippen MR) is 88.1 cm³/mol. The van der Waals surface area contributed by atoms with Crippen molar-refractivity contribution in [3.8, 4) is 0 Å². The van der Waals surface area contributed by atoms with Gasteiger partial charge in [-0.3, -0.25) is 0 Å². The molecule has 1 aromatic carbocycles. The molecule has 0 amide bonds. The Morgan fingerprint density at radius 3 is 2.47 bits per heavy atom. The van der Waals surface area contributed by atoms with Crippen LogP contribution in [-0.4, -0.2) is 15.7 Å². The third-order valence-corrected chi connectivity index (χ3v) is 7.50. The molecule has 0 aliphatic heterocycles. The lowest BCUT2D eigenvalue weighted by atomic mass is 10.3. The van der Waals surface area contributed by atoms with Gasteiger partial charge in [0.2, 0.25) is 0 Å². The molecule has 0 bridgehead atoms. The van der Waals surface area contributed by atoms with E-state index >= 15 is 0 Å². The summed E-state index contributed by atoms with van der Waals surface area (Å²) >= 11 is 4.29. The molecule has 1 aromatic rings. The average molecular weight is 290 g/mol. The third-order valence-electron chi connectivity index (χ3n) is 4.16. The first kappa shape index (κ1) is 13.6. The molecule has 0 radical (unpaired) electrons. The van der Waals surface area contributed by atoms with Gasteiger partial charge in [-0.1, -0.05) is 43.2 Å². The van der Waals surface area contributed by atoms with Crippen molar-refractivity contribution in [2.45, 2.75) is 59.2 Å². The van der Waals surface area contributed by atoms with Crippen molar-refractivity contribution in [2.24, 2.45) is 0 Å². The summed E-state index contributed by atoms with van der Waals surface area (Å²) in [6.07, 6.45) is 8.27. The summed E-state index contributed by atoms with van der Waals surface area (Å²) in [7, 11) is 0. The minimum Gasteiger partial charge on any atom is -0.150 e. The monoisotopic (exact) mass is 290 g/mol. The van der Waals surface area contributed by atoms with Crippen molar-refractivity contribution in [1.29, 1.82) is 0 Å². The fourth-order valence-electron chi connectivity index (χ4n) is 3.09. The van der Waals surface area contributed by atoms with Gasteiger partial charge in [0.1, 0.15) is 0 Å². The summed E-state index contributed by atoms with van der Waals surface area (Å²) in [5, 5.41) is 2.33. The van der Waals surface area contributed by atoms with Crippen LogP contribution < -0.4 is 0 Å². The highest BCUT2D eigenvalue weighted by atomic mass is 32.2. The Labute approximate surface area is 125 Å². The summed E-state index contributed by atoms with van der Waals surface area (Å²) in [6.45, 7) is 4.34. The normalized spacial score (nSPS) is 28.1. The molecular weight excluding hydrogens is 268 g/mol. The number of hydrogen-bond donors (Lipinski definition) is 0. The van der Waals surface area contributed by atoms with Gasteiger partial charge in [-0.05, 0) is 37.8 Å². The smallest absolute Gasteiger partial charge is 0.0379 e. The third kappa shape index (κ3) is 3.41. The predicted octanol–water partition coefficient (Wildman–Crippen LogP) is 5.54. The van der Waals surface area contributed by atoms with E-state index in [1.807, 2.05) is 0 Å². The fourth-order valence-corrected chi connectivity index (χ4v) is 6.31. The van der Waals surface area contributed by atoms with E-state index in [-0.39, 0.29) is 0 Å². The van der Waals surface area contributed by atoms with Crippen LogP contribution in [0, 0.1) is 0 Å². The molecule has 2 heteroatoms. The van der Waals surface area contributed by atoms with Crippen LogP contribution in [0.2, 0.25) is 0 Å². The van der Waals surface area contributed by atoms with Crippen LogP contribution in [-0.2, 0) is 0 Å². The molecule has 0 spiro atoms. The fraction of sp³-hybridized carbons (Fsp3) is 0.529. The zero-order valence-electron chi connectivity index (χ0n) is 11.4. The maximum atomic E-state index is 4.34. The largest absolute Gasteiger partial charge is 0.150 e. The van der Waals surface area contributed by atoms with Crippen LogP contribution in [0.25, 0.3) is 0 Å². The molecule has 2 atom stereocenters. The standard InChI is InChI=1S/C17H22S2/c1-13-11-12-16(18-14-7-3-2-4-8-14)17(13)19-15-9-5-6-10-15/h2-4,7-8,15-17H,1,5-6,9-12H2/t16-,17-/m0/s1. The minimum absolute atomic E-state index is 0.688. The molecular formula is C17H22S2. The van der Waals surface area contributed by atoms with E-state index in [9.17, 15) is 0 Å². The van der Waals surface area contributed by atoms with E-state index in [0.29, 0.717) is 5.25 Å². The van der Waals surface area contributed by atoms with E-state index in [1.165, 1.54) is 49.0 Å². The summed E-state index contributed by atoms with van der Waals surface area (Å²) < 4.78 is 0. The summed E-state index contributed by atoms with van der Waals surface area (Å²) in [4.78, 5) is 1.42. The average Bonchev–Trinajstić information content (AvgIpc) is 3.05. The van der Waals surface area contributed by atoms with Gasteiger partial charge < -0.3 is 0 Å². The highest BCUT2D eigenvalue weighted by Gasteiger charge is 2.34. The Hall–Kier alpha value is -0.340. The van der Waals surface area contributed by atoms with Crippen molar-refractivity contribution in [3.63, 3.8) is 0 Å². The maximum absolute atomic E-state index is 4.34. The SMILES string of the molecule is C=C1CC[C@H](Sc2ccccc2)[C@H]1SC1CCCC1. The topological polar surface area (TPSA) is 0 Å². The molecule has 0 N–H and O–H groups in total. The number of hydrogen-bond acceptors (Lipinski definition) is 2. The quantitative estimate of drug-likeness (QED) is 0.668. The molecule has 2 fully saturated rings. The first-order valence-electron chi connectivity index (χ1n) is 7.38. The van der Waals surface area contributed by atoms with Crippen molar-refractivity contribution >= 4 is 23.5 Å². The van der Waals surface area contributed by atoms with Gasteiger partial charge in [0.25, 0.3) is 0 Å². The van der Waals surface area contributed by atoms with Crippen LogP contribution in [0.5, 0.6) is 0 Å². The van der Waals surface area contributed by atoms with Gasteiger partial charge in [0.05, 0.1) is 0 Å². The van der Waals surface area contributed by atoms with Crippen LogP contribution in [0.15, 0.2) is 47.4 Å². The zero-order chi connectivity index (χ0) is 13.1. The second-order valence-electron chi connectivity index (χ2n) is 5.63. The molecule has 2 aliphatic carbocycles. The van der Waals surface area contributed by atoms with Crippen LogP contribution in [0.4, 0.5) is 0 Å². The van der Waals surface area contributed by atoms with E-state index in [2.05, 4.69) is 60.4 Å². The molecule has 2 saturated carbocycles. The second kappa shape index (κ2) is 6.41. The van der Waals surface area contributed by atoms with E-state index in [1.54, 1.807) is 0 Å². The first-order chi connectivity index (χ1) is 9.33. The molecule has 0 saturated heterocycles. The van der Waals surface area contributed by atoms with Crippen molar-refractivity contribution in [3.05, 3.63) is 42.5 Å². The van der Waals surface area contributed by atoms with Crippen LogP contribution in [0.3, 0.4) is 0 Å². The maximum Gasteiger partial charge on any atom is 0.0379 e. The number of thioether (sulfide) groups is 2. The highest BCUT2D eigenvalue weighted by Crippen LogP contribution is 2.46. The summed E-state index contributed by atoms with van der Waals surface area (Å²) in [6, 6.07) is 10.9. The molecule has 3 rings (SSSR count). The second-order valence-corrected chi connectivity index (χ2v) is 8.39. The lowest BCUT2D eigenvalue weighted by Gasteiger charge is -2.23. The lowest BCUT2D eigenvalue weighted by Crippen LogP contribution is -2.17. The molecule has 0 heterocycles. The van der Waals surface area contributed by atoms with Crippen LogP contribution in [0.1, 0.15) is 38.5 Å². The van der Waals surface area contributed by atoms with Gasteiger partial charge in [0.15, 0.2) is 0 Å². The van der Waals surface area contributed by atoms with Gasteiger partial charge in [-0.2, -0.15) is 0 Å². The van der Waals surface area contributed by atoms with E-state index in [0.717, 1.165) is 10.5 Å². The van der Waals surface area contributed by atoms with Gasteiger partial charge >= 0.3 is 0 Å². The molecule has 2 aliphatic rings. The van der Waals surface area contributed by atoms with Gasteiger partial charge in [0, 0.05) is 20.6 Å². The van der Waals surface area contributed by atoms with E-state index in [4.69, 9.17) is 0 Å². The Morgan fingerprint density at radius 1 is 1.00 bits per heavy atom. The highest BCUT2D eigenvalue weighted by molar-refractivity contribution is 8.04. The van der Waals surface area contributed by atoms with Crippen molar-refractivity contribution in [2.75, 3.05) is 0 Å². The zero-order valence-corrected chi connectivity index (χ0v) is 13.0. The summed E-state index contributed by atoms with van der Waals surface area (Å²) in [5.41, 5.74) is 1.49. The molecule has 102 valence electrons. The summed E-state index contributed by atoms with van der Waals surface area (Å²) in [5.74, 6) is 0. The van der Waals surface area contributed by atoms with Crippen molar-refractivity contribution in [1.82, 2.24) is 0 Å². The number of benzene rings is 1. The van der Waals surface area contributed by atoms with E-state index < -0.39 is 0 Å². The Morgan fingerprint density at radius 2 is 1.74 bits per heavy atom.